The Bertz CT molecular complexity index is 929. The van der Waals surface area contributed by atoms with Crippen LogP contribution in [0.15, 0.2) is 34.7 Å². The van der Waals surface area contributed by atoms with Gasteiger partial charge in [-0.15, -0.1) is 10.2 Å². The second-order valence-electron chi connectivity index (χ2n) is 6.43. The number of fused-ring (bicyclic) bond motifs is 3. The molecular weight excluding hydrogens is 318 g/mol. The van der Waals surface area contributed by atoms with Gasteiger partial charge in [0.05, 0.1) is 0 Å². The number of rotatable bonds is 3. The van der Waals surface area contributed by atoms with Gasteiger partial charge in [0.25, 0.3) is 0 Å². The van der Waals surface area contributed by atoms with Crippen molar-refractivity contribution < 1.29 is 13.9 Å². The first-order chi connectivity index (χ1) is 12.1. The van der Waals surface area contributed by atoms with E-state index in [1.807, 2.05) is 31.1 Å². The van der Waals surface area contributed by atoms with Crippen LogP contribution in [0, 0.1) is 0 Å². The van der Waals surface area contributed by atoms with E-state index in [0.29, 0.717) is 11.6 Å². The molecule has 0 radical (unpaired) electrons. The molecule has 128 valence electrons. The summed E-state index contributed by atoms with van der Waals surface area (Å²) in [6.07, 6.45) is 4.32. The van der Waals surface area contributed by atoms with Crippen molar-refractivity contribution in [1.29, 1.82) is 0 Å². The summed E-state index contributed by atoms with van der Waals surface area (Å²) in [4.78, 5) is 14.1. The fourth-order valence-electron chi connectivity index (χ4n) is 3.14. The monoisotopic (exact) mass is 337 g/mol. The summed E-state index contributed by atoms with van der Waals surface area (Å²) in [5.41, 5.74) is 2.27. The Labute approximate surface area is 145 Å². The number of ether oxygens (including phenoxy) is 1. The van der Waals surface area contributed by atoms with E-state index in [4.69, 9.17) is 9.15 Å². The van der Waals surface area contributed by atoms with Crippen molar-refractivity contribution >= 4 is 22.8 Å². The fraction of sp³-hybridized carbons (Fsp3) is 0.316. The molecule has 3 aromatic rings. The van der Waals surface area contributed by atoms with Gasteiger partial charge < -0.3 is 14.1 Å². The number of nitrogens with zero attached hydrogens (tertiary/aromatic N) is 3. The second-order valence-corrected chi connectivity index (χ2v) is 6.43. The minimum absolute atomic E-state index is 0.180. The summed E-state index contributed by atoms with van der Waals surface area (Å²) >= 11 is 0. The molecule has 25 heavy (non-hydrogen) atoms. The molecule has 0 atom stereocenters. The molecule has 0 amide bonds. The van der Waals surface area contributed by atoms with E-state index >= 15 is 0 Å². The first-order valence-electron chi connectivity index (χ1n) is 8.39. The fourth-order valence-corrected chi connectivity index (χ4v) is 3.14. The van der Waals surface area contributed by atoms with Gasteiger partial charge in [-0.05, 0) is 49.6 Å². The summed E-state index contributed by atoms with van der Waals surface area (Å²) in [5, 5.41) is 8.97. The molecule has 2 heterocycles. The molecular formula is C19H19N3O3. The molecule has 0 bridgehead atoms. The van der Waals surface area contributed by atoms with Gasteiger partial charge in [0, 0.05) is 31.5 Å². The van der Waals surface area contributed by atoms with E-state index in [0.717, 1.165) is 36.0 Å². The maximum atomic E-state index is 12.3. The van der Waals surface area contributed by atoms with Crippen LogP contribution in [0.3, 0.4) is 0 Å². The predicted molar refractivity (Wildman–Crippen MR) is 94.2 cm³/mol. The van der Waals surface area contributed by atoms with Crippen molar-refractivity contribution in [1.82, 2.24) is 10.2 Å². The van der Waals surface area contributed by atoms with Crippen LogP contribution in [0.1, 0.15) is 34.7 Å². The number of hydrogen-bond donors (Lipinski definition) is 0. The van der Waals surface area contributed by atoms with Crippen LogP contribution < -0.4 is 9.64 Å². The minimum Gasteiger partial charge on any atom is -0.461 e. The molecule has 0 aliphatic heterocycles. The third kappa shape index (κ3) is 2.95. The number of anilines is 1. The Morgan fingerprint density at radius 3 is 2.72 bits per heavy atom. The second kappa shape index (κ2) is 6.20. The Hall–Kier alpha value is -2.89. The van der Waals surface area contributed by atoms with E-state index in [9.17, 15) is 4.79 Å². The van der Waals surface area contributed by atoms with Crippen molar-refractivity contribution in [2.75, 3.05) is 19.0 Å². The molecule has 0 fully saturated rings. The van der Waals surface area contributed by atoms with Gasteiger partial charge in [-0.1, -0.05) is 0 Å². The molecule has 6 nitrogen and oxygen atoms in total. The Balaban J connectivity index is 1.58. The largest absolute Gasteiger partial charge is 0.461 e. The molecule has 0 unspecified atom stereocenters. The smallest absolute Gasteiger partial charge is 0.364 e. The number of hydrogen-bond acceptors (Lipinski definition) is 6. The maximum Gasteiger partial charge on any atom is 0.364 e. The van der Waals surface area contributed by atoms with E-state index in [1.165, 1.54) is 12.0 Å². The van der Waals surface area contributed by atoms with Crippen LogP contribution in [0.25, 0.3) is 11.0 Å². The zero-order valence-electron chi connectivity index (χ0n) is 14.3. The summed E-state index contributed by atoms with van der Waals surface area (Å²) in [6.45, 7) is 0. The van der Waals surface area contributed by atoms with Crippen LogP contribution >= 0.6 is 0 Å². The van der Waals surface area contributed by atoms with Gasteiger partial charge in [-0.3, -0.25) is 0 Å². The lowest BCUT2D eigenvalue weighted by atomic mass is 9.96. The number of furan rings is 1. The van der Waals surface area contributed by atoms with E-state index in [1.54, 1.807) is 18.2 Å². The summed E-state index contributed by atoms with van der Waals surface area (Å²) in [7, 11) is 3.73. The summed E-state index contributed by atoms with van der Waals surface area (Å²) < 4.78 is 11.4. The molecule has 0 saturated heterocycles. The summed E-state index contributed by atoms with van der Waals surface area (Å²) in [6, 6.07) is 8.83. The SMILES string of the molecule is CN(C)c1ccc(C(=O)Oc2ccc3oc4c(c3c2)CCCC4)nn1. The Morgan fingerprint density at radius 1 is 1.12 bits per heavy atom. The molecule has 0 N–H and O–H groups in total. The van der Waals surface area contributed by atoms with E-state index in [-0.39, 0.29) is 5.69 Å². The van der Waals surface area contributed by atoms with E-state index in [2.05, 4.69) is 10.2 Å². The van der Waals surface area contributed by atoms with Crippen LogP contribution in [-0.2, 0) is 12.8 Å². The highest BCUT2D eigenvalue weighted by Gasteiger charge is 2.19. The third-order valence-corrected chi connectivity index (χ3v) is 4.45. The van der Waals surface area contributed by atoms with Gasteiger partial charge in [-0.25, -0.2) is 4.79 Å². The number of aryl methyl sites for hydroxylation is 2. The van der Waals surface area contributed by atoms with E-state index < -0.39 is 5.97 Å². The Morgan fingerprint density at radius 2 is 1.96 bits per heavy atom. The van der Waals surface area contributed by atoms with Gasteiger partial charge >= 0.3 is 5.97 Å². The molecule has 0 spiro atoms. The molecule has 6 heteroatoms. The third-order valence-electron chi connectivity index (χ3n) is 4.45. The number of aromatic nitrogens is 2. The maximum absolute atomic E-state index is 12.3. The standard InChI is InChI=1S/C19H19N3O3/c1-22(2)18-10-8-15(20-21-18)19(23)24-12-7-9-17-14(11-12)13-5-3-4-6-16(13)25-17/h7-11H,3-6H2,1-2H3. The first kappa shape index (κ1) is 15.6. The van der Waals surface area contributed by atoms with Crippen LogP contribution in [-0.4, -0.2) is 30.3 Å². The average molecular weight is 337 g/mol. The topological polar surface area (TPSA) is 68.5 Å². The van der Waals surface area contributed by atoms with Crippen molar-refractivity contribution in [3.63, 3.8) is 0 Å². The van der Waals surface area contributed by atoms with Crippen molar-refractivity contribution in [3.05, 3.63) is 47.3 Å². The molecule has 1 aliphatic carbocycles. The predicted octanol–water partition coefficient (Wildman–Crippen LogP) is 3.39. The number of carbonyl (C=O) groups excluding carboxylic acids is 1. The highest BCUT2D eigenvalue weighted by atomic mass is 16.5. The van der Waals surface area contributed by atoms with Gasteiger partial charge in [0.1, 0.15) is 17.1 Å². The van der Waals surface area contributed by atoms with Gasteiger partial charge in [-0.2, -0.15) is 0 Å². The van der Waals surface area contributed by atoms with Gasteiger partial charge in [0.2, 0.25) is 0 Å². The lowest BCUT2D eigenvalue weighted by molar-refractivity contribution is 0.0727. The van der Waals surface area contributed by atoms with Crippen LogP contribution in [0.2, 0.25) is 0 Å². The van der Waals surface area contributed by atoms with Crippen LogP contribution in [0.5, 0.6) is 5.75 Å². The number of esters is 1. The summed E-state index contributed by atoms with van der Waals surface area (Å²) in [5.74, 6) is 1.72. The van der Waals surface area contributed by atoms with Crippen molar-refractivity contribution in [2.24, 2.45) is 0 Å². The number of benzene rings is 1. The molecule has 0 saturated carbocycles. The molecule has 1 aromatic carbocycles. The first-order valence-corrected chi connectivity index (χ1v) is 8.39. The highest BCUT2D eigenvalue weighted by molar-refractivity contribution is 5.90. The van der Waals surface area contributed by atoms with Crippen molar-refractivity contribution in [3.8, 4) is 5.75 Å². The molecule has 4 rings (SSSR count). The van der Waals surface area contributed by atoms with Gasteiger partial charge in [0.15, 0.2) is 11.5 Å². The van der Waals surface area contributed by atoms with Crippen molar-refractivity contribution in [2.45, 2.75) is 25.7 Å². The Kier molecular flexibility index (Phi) is 3.87. The average Bonchev–Trinajstić information content (AvgIpc) is 3.00. The normalized spacial score (nSPS) is 13.5. The number of carbonyl (C=O) groups is 1. The molecule has 2 aromatic heterocycles. The quantitative estimate of drug-likeness (QED) is 0.539. The zero-order valence-corrected chi connectivity index (χ0v) is 14.3. The lowest BCUT2D eigenvalue weighted by Gasteiger charge is -2.10. The minimum atomic E-state index is -0.519. The van der Waals surface area contributed by atoms with Crippen LogP contribution in [0.4, 0.5) is 5.82 Å². The molecule has 1 aliphatic rings. The lowest BCUT2D eigenvalue weighted by Crippen LogP contribution is -2.15. The zero-order chi connectivity index (χ0) is 17.4. The highest BCUT2D eigenvalue weighted by Crippen LogP contribution is 2.34.